The van der Waals surface area contributed by atoms with Crippen LogP contribution in [0, 0.1) is 16.0 Å². The van der Waals surface area contributed by atoms with Crippen molar-refractivity contribution in [3.8, 4) is 0 Å². The number of hydrogen-bond acceptors (Lipinski definition) is 6. The third-order valence-corrected chi connectivity index (χ3v) is 5.80. The normalized spacial score (nSPS) is 22.0. The van der Waals surface area contributed by atoms with Crippen LogP contribution in [0.3, 0.4) is 0 Å². The largest absolute Gasteiger partial charge is 0.466 e. The van der Waals surface area contributed by atoms with Crippen LogP contribution < -0.4 is 0 Å². The van der Waals surface area contributed by atoms with E-state index in [9.17, 15) is 23.3 Å². The van der Waals surface area contributed by atoms with E-state index in [1.165, 1.54) is 35.5 Å². The minimum atomic E-state index is -3.98. The topological polar surface area (TPSA) is 107 Å². The Hall–Kier alpha value is -2.00. The summed E-state index contributed by atoms with van der Waals surface area (Å²) in [6.45, 7) is 3.34. The quantitative estimate of drug-likeness (QED) is 0.456. The molecule has 0 aliphatic carbocycles. The summed E-state index contributed by atoms with van der Waals surface area (Å²) in [5.41, 5.74) is -0.442. The van der Waals surface area contributed by atoms with Gasteiger partial charge in [-0.3, -0.25) is 14.9 Å². The Morgan fingerprint density at radius 3 is 2.70 bits per heavy atom. The molecule has 1 saturated heterocycles. The monoisotopic (exact) mass is 342 g/mol. The molecule has 0 N–H and O–H groups in total. The van der Waals surface area contributed by atoms with Crippen molar-refractivity contribution in [1.82, 2.24) is 4.31 Å². The number of sulfonamides is 1. The highest BCUT2D eigenvalue weighted by molar-refractivity contribution is 7.89. The minimum Gasteiger partial charge on any atom is -0.466 e. The molecule has 0 bridgehead atoms. The fourth-order valence-electron chi connectivity index (χ4n) is 2.75. The molecule has 1 aromatic carbocycles. The zero-order chi connectivity index (χ0) is 17.2. The number of carbonyl (C=O) groups is 1. The van der Waals surface area contributed by atoms with E-state index < -0.39 is 26.6 Å². The lowest BCUT2D eigenvalue weighted by Gasteiger charge is -2.20. The molecule has 1 fully saturated rings. The number of rotatable bonds is 5. The van der Waals surface area contributed by atoms with Crippen molar-refractivity contribution in [2.45, 2.75) is 31.2 Å². The molecule has 2 unspecified atom stereocenters. The Labute approximate surface area is 134 Å². The first kappa shape index (κ1) is 17.4. The molecule has 126 valence electrons. The lowest BCUT2D eigenvalue weighted by atomic mass is 10.1. The van der Waals surface area contributed by atoms with Crippen LogP contribution in [-0.4, -0.2) is 42.8 Å². The van der Waals surface area contributed by atoms with Gasteiger partial charge in [0, 0.05) is 31.5 Å². The fraction of sp³-hybridized carbons (Fsp3) is 0.500. The first-order chi connectivity index (χ1) is 10.7. The van der Waals surface area contributed by atoms with E-state index in [4.69, 9.17) is 4.74 Å². The van der Waals surface area contributed by atoms with Gasteiger partial charge >= 0.3 is 5.97 Å². The Kier molecular flexibility index (Phi) is 5.00. The summed E-state index contributed by atoms with van der Waals surface area (Å²) < 4.78 is 31.7. The minimum absolute atomic E-state index is 0.119. The molecule has 0 saturated carbocycles. The molecule has 2 atom stereocenters. The van der Waals surface area contributed by atoms with E-state index in [1.807, 2.05) is 0 Å². The maximum atomic E-state index is 12.8. The van der Waals surface area contributed by atoms with E-state index in [-0.39, 0.29) is 30.0 Å². The van der Waals surface area contributed by atoms with Crippen LogP contribution in [-0.2, 0) is 19.6 Å². The van der Waals surface area contributed by atoms with Gasteiger partial charge in [0.05, 0.1) is 11.5 Å². The highest BCUT2D eigenvalue weighted by Gasteiger charge is 2.40. The van der Waals surface area contributed by atoms with Gasteiger partial charge in [0.2, 0.25) is 10.0 Å². The smallest absolute Gasteiger partial charge is 0.302 e. The lowest BCUT2D eigenvalue weighted by molar-refractivity contribution is -0.387. The predicted octanol–water partition coefficient (Wildman–Crippen LogP) is 1.56. The fourth-order valence-corrected chi connectivity index (χ4v) is 4.63. The van der Waals surface area contributed by atoms with Gasteiger partial charge in [0.25, 0.3) is 5.69 Å². The Bertz CT molecular complexity index is 718. The number of esters is 1. The van der Waals surface area contributed by atoms with Crippen LogP contribution in [0.25, 0.3) is 0 Å². The van der Waals surface area contributed by atoms with Gasteiger partial charge in [0.1, 0.15) is 0 Å². The molecule has 1 heterocycles. The molecule has 9 heteroatoms. The van der Waals surface area contributed by atoms with Crippen molar-refractivity contribution >= 4 is 21.7 Å². The van der Waals surface area contributed by atoms with Gasteiger partial charge < -0.3 is 4.74 Å². The molecule has 0 radical (unpaired) electrons. The highest BCUT2D eigenvalue weighted by Crippen LogP contribution is 2.33. The van der Waals surface area contributed by atoms with Crippen LogP contribution in [0.4, 0.5) is 5.69 Å². The standard InChI is InChI=1S/C14H18N2O6S/c1-10-7-12(9-22-11(2)17)8-15(10)23(20,21)14-6-4-3-5-13(14)16(18)19/h3-6,10,12H,7-9H2,1-2H3. The zero-order valence-corrected chi connectivity index (χ0v) is 13.7. The number of benzene rings is 1. The van der Waals surface area contributed by atoms with Crippen molar-refractivity contribution in [2.75, 3.05) is 13.2 Å². The molecular formula is C14H18N2O6S. The number of ether oxygens (including phenoxy) is 1. The second kappa shape index (κ2) is 6.63. The summed E-state index contributed by atoms with van der Waals surface area (Å²) in [6, 6.07) is 4.97. The summed E-state index contributed by atoms with van der Waals surface area (Å²) in [5.74, 6) is -0.538. The van der Waals surface area contributed by atoms with Crippen molar-refractivity contribution in [3.05, 3.63) is 34.4 Å². The molecule has 1 aliphatic rings. The van der Waals surface area contributed by atoms with Crippen LogP contribution in [0.1, 0.15) is 20.3 Å². The molecule has 1 aliphatic heterocycles. The average Bonchev–Trinajstić information content (AvgIpc) is 2.87. The summed E-state index contributed by atoms with van der Waals surface area (Å²) >= 11 is 0. The summed E-state index contributed by atoms with van der Waals surface area (Å²) in [4.78, 5) is 20.9. The Morgan fingerprint density at radius 2 is 2.09 bits per heavy atom. The second-order valence-corrected chi connectivity index (χ2v) is 7.41. The number of para-hydroxylation sites is 1. The number of carbonyl (C=O) groups excluding carboxylic acids is 1. The van der Waals surface area contributed by atoms with E-state index in [0.717, 1.165) is 0 Å². The first-order valence-corrected chi connectivity index (χ1v) is 8.56. The predicted molar refractivity (Wildman–Crippen MR) is 81.2 cm³/mol. The van der Waals surface area contributed by atoms with Gasteiger partial charge in [0.15, 0.2) is 4.90 Å². The third-order valence-electron chi connectivity index (χ3n) is 3.78. The lowest BCUT2D eigenvalue weighted by Crippen LogP contribution is -2.34. The van der Waals surface area contributed by atoms with Crippen molar-refractivity contribution in [1.29, 1.82) is 0 Å². The van der Waals surface area contributed by atoms with Crippen LogP contribution in [0.5, 0.6) is 0 Å². The van der Waals surface area contributed by atoms with E-state index >= 15 is 0 Å². The van der Waals surface area contributed by atoms with Gasteiger partial charge in [-0.25, -0.2) is 8.42 Å². The average molecular weight is 342 g/mol. The number of nitro groups is 1. The number of hydrogen-bond donors (Lipinski definition) is 0. The van der Waals surface area contributed by atoms with E-state index in [0.29, 0.717) is 6.42 Å². The molecule has 0 spiro atoms. The summed E-state index contributed by atoms with van der Waals surface area (Å²) in [6.07, 6.45) is 0.535. The van der Waals surface area contributed by atoms with Gasteiger partial charge in [-0.1, -0.05) is 12.1 Å². The van der Waals surface area contributed by atoms with Gasteiger partial charge in [-0.15, -0.1) is 0 Å². The molecule has 2 rings (SSSR count). The maximum Gasteiger partial charge on any atom is 0.302 e. The summed E-state index contributed by atoms with van der Waals surface area (Å²) in [7, 11) is -3.98. The Balaban J connectivity index is 2.27. The molecule has 8 nitrogen and oxygen atoms in total. The second-order valence-electron chi connectivity index (χ2n) is 5.55. The molecular weight excluding hydrogens is 324 g/mol. The van der Waals surface area contributed by atoms with Crippen LogP contribution in [0.2, 0.25) is 0 Å². The highest BCUT2D eigenvalue weighted by atomic mass is 32.2. The van der Waals surface area contributed by atoms with Gasteiger partial charge in [-0.05, 0) is 19.4 Å². The van der Waals surface area contributed by atoms with E-state index in [1.54, 1.807) is 6.92 Å². The van der Waals surface area contributed by atoms with Gasteiger partial charge in [-0.2, -0.15) is 4.31 Å². The van der Waals surface area contributed by atoms with Crippen molar-refractivity contribution < 1.29 is 22.9 Å². The van der Waals surface area contributed by atoms with Crippen LogP contribution in [0.15, 0.2) is 29.2 Å². The number of nitro benzene ring substituents is 1. The first-order valence-electron chi connectivity index (χ1n) is 7.12. The third kappa shape index (κ3) is 3.67. The van der Waals surface area contributed by atoms with Crippen molar-refractivity contribution in [3.63, 3.8) is 0 Å². The molecule has 1 aromatic rings. The summed E-state index contributed by atoms with van der Waals surface area (Å²) in [5, 5.41) is 11.1. The van der Waals surface area contributed by atoms with E-state index in [2.05, 4.69) is 0 Å². The zero-order valence-electron chi connectivity index (χ0n) is 12.8. The van der Waals surface area contributed by atoms with Crippen LogP contribution >= 0.6 is 0 Å². The Morgan fingerprint density at radius 1 is 1.43 bits per heavy atom. The molecule has 0 amide bonds. The van der Waals surface area contributed by atoms with Crippen molar-refractivity contribution in [2.24, 2.45) is 5.92 Å². The number of nitrogens with zero attached hydrogens (tertiary/aromatic N) is 2. The molecule has 0 aromatic heterocycles. The molecule has 23 heavy (non-hydrogen) atoms. The maximum absolute atomic E-state index is 12.8. The SMILES string of the molecule is CC(=O)OCC1CC(C)N(S(=O)(=O)c2ccccc2[N+](=O)[O-])C1.